The fraction of sp³-hybridized carbons (Fsp3) is 0.727. The predicted octanol–water partition coefficient (Wildman–Crippen LogP) is 0.384. The third kappa shape index (κ3) is 3.33. The first-order chi connectivity index (χ1) is 9.43. The summed E-state index contributed by atoms with van der Waals surface area (Å²) in [5.41, 5.74) is 0.695. The van der Waals surface area contributed by atoms with Crippen LogP contribution in [-0.4, -0.2) is 47.2 Å². The molecule has 2 N–H and O–H groups in total. The molecule has 2 rings (SSSR count). The van der Waals surface area contributed by atoms with Crippen molar-refractivity contribution in [3.8, 4) is 0 Å². The van der Waals surface area contributed by atoms with Crippen molar-refractivity contribution in [3.63, 3.8) is 0 Å². The van der Waals surface area contributed by atoms with E-state index in [-0.39, 0.29) is 12.5 Å². The zero-order valence-electron chi connectivity index (χ0n) is 11.3. The molecule has 0 spiro atoms. The Labute approximate surface area is 122 Å². The summed E-state index contributed by atoms with van der Waals surface area (Å²) >= 11 is 1.07. The molecule has 2 heterocycles. The summed E-state index contributed by atoms with van der Waals surface area (Å²) in [4.78, 5) is 14.5. The smallest absolute Gasteiger partial charge is 0.267 e. The molecule has 1 aromatic heterocycles. The van der Waals surface area contributed by atoms with Crippen LogP contribution in [0.15, 0.2) is 0 Å². The number of hydrogen-bond donors (Lipinski definition) is 1. The number of nitrogens with zero attached hydrogens (tertiary/aromatic N) is 3. The first-order valence-electron chi connectivity index (χ1n) is 6.55. The van der Waals surface area contributed by atoms with Gasteiger partial charge >= 0.3 is 0 Å². The van der Waals surface area contributed by atoms with Gasteiger partial charge in [0.1, 0.15) is 4.88 Å². The van der Waals surface area contributed by atoms with Crippen LogP contribution < -0.4 is 5.14 Å². The Hall–Kier alpha value is -1.06. The number of primary sulfonamides is 1. The van der Waals surface area contributed by atoms with Gasteiger partial charge in [-0.25, -0.2) is 13.6 Å². The molecule has 0 aromatic carbocycles. The molecular formula is C11H18N4O3S2. The summed E-state index contributed by atoms with van der Waals surface area (Å²) in [5, 5.41) is 8.48. The van der Waals surface area contributed by atoms with Gasteiger partial charge in [0.05, 0.1) is 10.9 Å². The van der Waals surface area contributed by atoms with E-state index in [0.29, 0.717) is 36.4 Å². The Kier molecular flexibility index (Phi) is 4.71. The molecule has 1 aromatic rings. The lowest BCUT2D eigenvalue weighted by atomic mass is 10.1. The molecule has 112 valence electrons. The summed E-state index contributed by atoms with van der Waals surface area (Å²) in [7, 11) is -3.60. The molecule has 9 heteroatoms. The van der Waals surface area contributed by atoms with Gasteiger partial charge in [0.2, 0.25) is 10.0 Å². The highest BCUT2D eigenvalue weighted by Crippen LogP contribution is 2.21. The summed E-state index contributed by atoms with van der Waals surface area (Å²) in [6.45, 7) is 2.71. The maximum atomic E-state index is 12.4. The average molecular weight is 318 g/mol. The van der Waals surface area contributed by atoms with Crippen LogP contribution in [-0.2, 0) is 16.4 Å². The Morgan fingerprint density at radius 2 is 2.30 bits per heavy atom. The number of carbonyl (C=O) groups excluding carboxylic acids is 1. The van der Waals surface area contributed by atoms with Crippen molar-refractivity contribution in [2.75, 3.05) is 13.1 Å². The lowest BCUT2D eigenvalue weighted by Crippen LogP contribution is -2.47. The molecule has 1 amide bonds. The molecule has 0 saturated carbocycles. The van der Waals surface area contributed by atoms with Gasteiger partial charge < -0.3 is 4.90 Å². The molecule has 1 aliphatic heterocycles. The van der Waals surface area contributed by atoms with Crippen LogP contribution in [0.1, 0.15) is 41.6 Å². The molecule has 0 bridgehead atoms. The van der Waals surface area contributed by atoms with E-state index in [4.69, 9.17) is 5.14 Å². The van der Waals surface area contributed by atoms with Gasteiger partial charge in [-0.2, -0.15) is 0 Å². The van der Waals surface area contributed by atoms with Gasteiger partial charge in [-0.15, -0.1) is 5.10 Å². The quantitative estimate of drug-likeness (QED) is 0.864. The molecular weight excluding hydrogens is 300 g/mol. The molecule has 1 atom stereocenters. The Morgan fingerprint density at radius 1 is 1.55 bits per heavy atom. The van der Waals surface area contributed by atoms with Gasteiger partial charge in [0, 0.05) is 13.1 Å². The average Bonchev–Trinajstić information content (AvgIpc) is 2.86. The van der Waals surface area contributed by atoms with Gasteiger partial charge in [-0.05, 0) is 30.8 Å². The minimum Gasteiger partial charge on any atom is -0.336 e. The number of piperidine rings is 1. The number of hydrogen-bond acceptors (Lipinski definition) is 6. The zero-order valence-corrected chi connectivity index (χ0v) is 12.9. The number of nitrogens with two attached hydrogens (primary N) is 1. The fourth-order valence-electron chi connectivity index (χ4n) is 2.31. The van der Waals surface area contributed by atoms with Gasteiger partial charge in [-0.3, -0.25) is 4.79 Å². The van der Waals surface area contributed by atoms with Crippen molar-refractivity contribution in [1.29, 1.82) is 0 Å². The number of carbonyl (C=O) groups is 1. The molecule has 1 aliphatic rings. The number of likely N-dealkylation sites (tertiary alicyclic amines) is 1. The SMILES string of the molecule is CCCc1nnsc1C(=O)N1CCCC(S(N)(=O)=O)C1. The summed E-state index contributed by atoms with van der Waals surface area (Å²) in [5.74, 6) is -0.184. The third-order valence-corrected chi connectivity index (χ3v) is 5.44. The summed E-state index contributed by atoms with van der Waals surface area (Å²) in [6.07, 6.45) is 2.73. The zero-order chi connectivity index (χ0) is 14.8. The van der Waals surface area contributed by atoms with E-state index in [9.17, 15) is 13.2 Å². The Balaban J connectivity index is 2.14. The number of aryl methyl sites for hydroxylation is 1. The van der Waals surface area contributed by atoms with Gasteiger partial charge in [0.15, 0.2) is 0 Å². The third-order valence-electron chi connectivity index (χ3n) is 3.37. The largest absolute Gasteiger partial charge is 0.336 e. The van der Waals surface area contributed by atoms with Crippen LogP contribution in [0.3, 0.4) is 0 Å². The van der Waals surface area contributed by atoms with Crippen molar-refractivity contribution in [1.82, 2.24) is 14.5 Å². The van der Waals surface area contributed by atoms with Crippen LogP contribution in [0.2, 0.25) is 0 Å². The van der Waals surface area contributed by atoms with E-state index < -0.39 is 15.3 Å². The van der Waals surface area contributed by atoms with Crippen LogP contribution in [0.25, 0.3) is 0 Å². The van der Waals surface area contributed by atoms with E-state index in [2.05, 4.69) is 9.59 Å². The minimum atomic E-state index is -3.60. The van der Waals surface area contributed by atoms with E-state index in [0.717, 1.165) is 18.0 Å². The Morgan fingerprint density at radius 3 is 2.95 bits per heavy atom. The highest BCUT2D eigenvalue weighted by molar-refractivity contribution is 7.89. The maximum absolute atomic E-state index is 12.4. The van der Waals surface area contributed by atoms with Gasteiger partial charge in [-0.1, -0.05) is 17.8 Å². The lowest BCUT2D eigenvalue weighted by molar-refractivity contribution is 0.0730. The van der Waals surface area contributed by atoms with E-state index in [1.807, 2.05) is 6.92 Å². The second kappa shape index (κ2) is 6.15. The van der Waals surface area contributed by atoms with Crippen LogP contribution in [0.5, 0.6) is 0 Å². The van der Waals surface area contributed by atoms with E-state index in [1.165, 1.54) is 0 Å². The fourth-order valence-corrected chi connectivity index (χ4v) is 3.87. The molecule has 0 radical (unpaired) electrons. The van der Waals surface area contributed by atoms with Gasteiger partial charge in [0.25, 0.3) is 5.91 Å². The molecule has 1 fully saturated rings. The molecule has 20 heavy (non-hydrogen) atoms. The normalized spacial score (nSPS) is 20.1. The minimum absolute atomic E-state index is 0.154. The second-order valence-electron chi connectivity index (χ2n) is 4.90. The number of aromatic nitrogens is 2. The number of rotatable bonds is 4. The number of amides is 1. The van der Waals surface area contributed by atoms with Crippen molar-refractivity contribution >= 4 is 27.5 Å². The van der Waals surface area contributed by atoms with Crippen molar-refractivity contribution < 1.29 is 13.2 Å². The topological polar surface area (TPSA) is 106 Å². The highest BCUT2D eigenvalue weighted by atomic mass is 32.2. The van der Waals surface area contributed by atoms with Crippen LogP contribution in [0.4, 0.5) is 0 Å². The monoisotopic (exact) mass is 318 g/mol. The van der Waals surface area contributed by atoms with Crippen molar-refractivity contribution in [2.45, 2.75) is 37.9 Å². The molecule has 7 nitrogen and oxygen atoms in total. The predicted molar refractivity (Wildman–Crippen MR) is 75.9 cm³/mol. The summed E-state index contributed by atoms with van der Waals surface area (Å²) in [6, 6.07) is 0. The first-order valence-corrected chi connectivity index (χ1v) is 8.94. The Bertz CT molecular complexity index is 584. The molecule has 1 unspecified atom stereocenters. The number of sulfonamides is 1. The second-order valence-corrected chi connectivity index (χ2v) is 7.50. The molecule has 1 saturated heterocycles. The maximum Gasteiger partial charge on any atom is 0.267 e. The lowest BCUT2D eigenvalue weighted by Gasteiger charge is -2.31. The summed E-state index contributed by atoms with van der Waals surface area (Å²) < 4.78 is 26.7. The molecule has 0 aliphatic carbocycles. The van der Waals surface area contributed by atoms with Crippen LogP contribution >= 0.6 is 11.5 Å². The first kappa shape index (κ1) is 15.3. The van der Waals surface area contributed by atoms with E-state index >= 15 is 0 Å². The van der Waals surface area contributed by atoms with Crippen molar-refractivity contribution in [2.24, 2.45) is 5.14 Å². The highest BCUT2D eigenvalue weighted by Gasteiger charge is 2.32. The standard InChI is InChI=1S/C11H18N4O3S2/c1-2-4-9-10(19-14-13-9)11(16)15-6-3-5-8(7-15)20(12,17)18/h8H,2-7H2,1H3,(H2,12,17,18). The van der Waals surface area contributed by atoms with Crippen LogP contribution in [0, 0.1) is 0 Å². The van der Waals surface area contributed by atoms with E-state index in [1.54, 1.807) is 4.90 Å². The van der Waals surface area contributed by atoms with Crippen molar-refractivity contribution in [3.05, 3.63) is 10.6 Å².